The topological polar surface area (TPSA) is 29.9 Å². The third-order valence-electron chi connectivity index (χ3n) is 4.42. The number of hydrogen-bond donors (Lipinski definition) is 1. The van der Waals surface area contributed by atoms with E-state index in [1.54, 1.807) is 0 Å². The van der Waals surface area contributed by atoms with Gasteiger partial charge in [-0.05, 0) is 40.7 Å². The lowest BCUT2D eigenvalue weighted by Crippen LogP contribution is -2.15. The van der Waals surface area contributed by atoms with Crippen LogP contribution in [-0.4, -0.2) is 16.8 Å². The Kier molecular flexibility index (Phi) is 4.44. The van der Waals surface area contributed by atoms with Crippen molar-refractivity contribution >= 4 is 0 Å². The number of hydrogen-bond acceptors (Lipinski definition) is 2. The van der Waals surface area contributed by atoms with Gasteiger partial charge >= 0.3 is 0 Å². The first-order valence-corrected chi connectivity index (χ1v) is 7.38. The molecule has 1 N–H and O–H groups in total. The molecule has 0 radical (unpaired) electrons. The average Bonchev–Trinajstić information content (AvgIpc) is 2.59. The lowest BCUT2D eigenvalue weighted by Gasteiger charge is -2.18. The SMILES string of the molecule is CNC(C)c1c(C)nn(C2CCCCCC2)c1C. The Morgan fingerprint density at radius 3 is 2.33 bits per heavy atom. The predicted octanol–water partition coefficient (Wildman–Crippen LogP) is 3.68. The van der Waals surface area contributed by atoms with Crippen molar-refractivity contribution in [3.8, 4) is 0 Å². The second-order valence-electron chi connectivity index (χ2n) is 5.68. The maximum atomic E-state index is 4.82. The van der Waals surface area contributed by atoms with Gasteiger partial charge in [-0.3, -0.25) is 4.68 Å². The Morgan fingerprint density at radius 2 is 1.78 bits per heavy atom. The highest BCUT2D eigenvalue weighted by atomic mass is 15.3. The summed E-state index contributed by atoms with van der Waals surface area (Å²) in [6.45, 7) is 6.59. The van der Waals surface area contributed by atoms with Gasteiger partial charge in [-0.1, -0.05) is 25.7 Å². The van der Waals surface area contributed by atoms with E-state index in [9.17, 15) is 0 Å². The van der Waals surface area contributed by atoms with E-state index in [1.165, 1.54) is 55.5 Å². The lowest BCUT2D eigenvalue weighted by molar-refractivity contribution is 0.396. The van der Waals surface area contributed by atoms with Crippen LogP contribution in [0.3, 0.4) is 0 Å². The molecule has 0 aromatic carbocycles. The molecule has 1 unspecified atom stereocenters. The van der Waals surface area contributed by atoms with Crippen LogP contribution in [0, 0.1) is 13.8 Å². The molecule has 1 aliphatic rings. The van der Waals surface area contributed by atoms with Crippen molar-refractivity contribution in [2.75, 3.05) is 7.05 Å². The minimum atomic E-state index is 0.393. The minimum absolute atomic E-state index is 0.393. The number of rotatable bonds is 3. The van der Waals surface area contributed by atoms with E-state index >= 15 is 0 Å². The quantitative estimate of drug-likeness (QED) is 0.828. The summed E-state index contributed by atoms with van der Waals surface area (Å²) in [7, 11) is 2.02. The molecule has 0 spiro atoms. The van der Waals surface area contributed by atoms with Crippen LogP contribution in [-0.2, 0) is 0 Å². The summed E-state index contributed by atoms with van der Waals surface area (Å²) in [5.41, 5.74) is 3.95. The lowest BCUT2D eigenvalue weighted by atomic mass is 10.1. The molecule has 1 aliphatic carbocycles. The summed E-state index contributed by atoms with van der Waals surface area (Å²) in [5, 5.41) is 8.16. The molecular weight excluding hydrogens is 222 g/mol. The Bertz CT molecular complexity index is 387. The molecule has 2 rings (SSSR count). The fraction of sp³-hybridized carbons (Fsp3) is 0.800. The maximum absolute atomic E-state index is 4.82. The zero-order valence-corrected chi connectivity index (χ0v) is 12.3. The molecule has 1 atom stereocenters. The molecule has 18 heavy (non-hydrogen) atoms. The molecule has 0 bridgehead atoms. The van der Waals surface area contributed by atoms with Crippen LogP contribution in [0.15, 0.2) is 0 Å². The molecule has 0 saturated heterocycles. The van der Waals surface area contributed by atoms with Crippen molar-refractivity contribution in [2.24, 2.45) is 0 Å². The van der Waals surface area contributed by atoms with Crippen molar-refractivity contribution in [3.63, 3.8) is 0 Å². The maximum Gasteiger partial charge on any atom is 0.0644 e. The molecule has 1 aromatic heterocycles. The first kappa shape index (κ1) is 13.6. The van der Waals surface area contributed by atoms with Crippen LogP contribution in [0.1, 0.15) is 74.5 Å². The monoisotopic (exact) mass is 249 g/mol. The van der Waals surface area contributed by atoms with Gasteiger partial charge in [0.2, 0.25) is 0 Å². The Balaban J connectivity index is 2.28. The van der Waals surface area contributed by atoms with E-state index in [0.29, 0.717) is 12.1 Å². The van der Waals surface area contributed by atoms with Crippen molar-refractivity contribution in [1.29, 1.82) is 0 Å². The van der Waals surface area contributed by atoms with Crippen LogP contribution < -0.4 is 5.32 Å². The Hall–Kier alpha value is -0.830. The summed E-state index contributed by atoms with van der Waals surface area (Å²) >= 11 is 0. The highest BCUT2D eigenvalue weighted by molar-refractivity contribution is 5.28. The summed E-state index contributed by atoms with van der Waals surface area (Å²) in [5.74, 6) is 0. The largest absolute Gasteiger partial charge is 0.313 e. The molecular formula is C15H27N3. The molecule has 3 heteroatoms. The normalized spacial score (nSPS) is 19.8. The second-order valence-corrected chi connectivity index (χ2v) is 5.68. The fourth-order valence-corrected chi connectivity index (χ4v) is 3.30. The van der Waals surface area contributed by atoms with E-state index in [0.717, 1.165) is 0 Å². The van der Waals surface area contributed by atoms with E-state index in [-0.39, 0.29) is 0 Å². The Morgan fingerprint density at radius 1 is 1.17 bits per heavy atom. The third kappa shape index (κ3) is 2.61. The van der Waals surface area contributed by atoms with Crippen molar-refractivity contribution < 1.29 is 0 Å². The molecule has 0 aliphatic heterocycles. The second kappa shape index (κ2) is 5.87. The van der Waals surface area contributed by atoms with Crippen molar-refractivity contribution in [2.45, 2.75) is 71.4 Å². The number of nitrogens with one attached hydrogen (secondary N) is 1. The van der Waals surface area contributed by atoms with Gasteiger partial charge in [0, 0.05) is 17.3 Å². The highest BCUT2D eigenvalue weighted by Gasteiger charge is 2.22. The van der Waals surface area contributed by atoms with Gasteiger partial charge in [-0.2, -0.15) is 5.10 Å². The van der Waals surface area contributed by atoms with Crippen LogP contribution in [0.25, 0.3) is 0 Å². The van der Waals surface area contributed by atoms with E-state index in [4.69, 9.17) is 5.10 Å². The molecule has 3 nitrogen and oxygen atoms in total. The van der Waals surface area contributed by atoms with E-state index in [2.05, 4.69) is 30.8 Å². The van der Waals surface area contributed by atoms with Crippen molar-refractivity contribution in [1.82, 2.24) is 15.1 Å². The van der Waals surface area contributed by atoms with Crippen LogP contribution in [0.4, 0.5) is 0 Å². The highest BCUT2D eigenvalue weighted by Crippen LogP contribution is 2.30. The van der Waals surface area contributed by atoms with Crippen molar-refractivity contribution in [3.05, 3.63) is 17.0 Å². The average molecular weight is 249 g/mol. The fourth-order valence-electron chi connectivity index (χ4n) is 3.30. The first-order chi connectivity index (χ1) is 8.65. The smallest absolute Gasteiger partial charge is 0.0644 e. The van der Waals surface area contributed by atoms with Crippen LogP contribution in [0.2, 0.25) is 0 Å². The predicted molar refractivity (Wildman–Crippen MR) is 75.9 cm³/mol. The van der Waals surface area contributed by atoms with Gasteiger partial charge in [0.15, 0.2) is 0 Å². The number of aryl methyl sites for hydroxylation is 1. The minimum Gasteiger partial charge on any atom is -0.313 e. The number of nitrogens with zero attached hydrogens (tertiary/aromatic N) is 2. The van der Waals surface area contributed by atoms with Gasteiger partial charge in [0.25, 0.3) is 0 Å². The molecule has 102 valence electrons. The van der Waals surface area contributed by atoms with Gasteiger partial charge < -0.3 is 5.32 Å². The van der Waals surface area contributed by atoms with E-state index in [1.807, 2.05) is 7.05 Å². The van der Waals surface area contributed by atoms with Crippen LogP contribution >= 0.6 is 0 Å². The first-order valence-electron chi connectivity index (χ1n) is 7.38. The molecule has 0 amide bonds. The summed E-state index contributed by atoms with van der Waals surface area (Å²) < 4.78 is 2.31. The molecule has 1 aromatic rings. The number of aromatic nitrogens is 2. The summed E-state index contributed by atoms with van der Waals surface area (Å²) in [6.07, 6.45) is 8.12. The third-order valence-corrected chi connectivity index (χ3v) is 4.42. The standard InChI is InChI=1S/C15H27N3/c1-11(16-4)15-12(2)17-18(13(15)3)14-9-7-5-6-8-10-14/h11,14,16H,5-10H2,1-4H3. The summed E-state index contributed by atoms with van der Waals surface area (Å²) in [4.78, 5) is 0. The zero-order valence-electron chi connectivity index (χ0n) is 12.3. The Labute approximate surface area is 111 Å². The molecule has 1 heterocycles. The van der Waals surface area contributed by atoms with Gasteiger partial charge in [-0.15, -0.1) is 0 Å². The van der Waals surface area contributed by atoms with E-state index < -0.39 is 0 Å². The van der Waals surface area contributed by atoms with Gasteiger partial charge in [0.05, 0.1) is 11.7 Å². The molecule has 1 fully saturated rings. The van der Waals surface area contributed by atoms with Gasteiger partial charge in [-0.25, -0.2) is 0 Å². The summed E-state index contributed by atoms with van der Waals surface area (Å²) in [6, 6.07) is 1.02. The van der Waals surface area contributed by atoms with Crippen LogP contribution in [0.5, 0.6) is 0 Å². The van der Waals surface area contributed by atoms with Gasteiger partial charge in [0.1, 0.15) is 0 Å². The molecule has 1 saturated carbocycles. The zero-order chi connectivity index (χ0) is 13.1.